The van der Waals surface area contributed by atoms with Crippen LogP contribution in [0.1, 0.15) is 5.56 Å². The maximum absolute atomic E-state index is 11.1. The lowest BCUT2D eigenvalue weighted by Crippen LogP contribution is -2.16. The van der Waals surface area contributed by atoms with Crippen LogP contribution in [0.3, 0.4) is 0 Å². The number of nitro groups is 1. The highest BCUT2D eigenvalue weighted by molar-refractivity contribution is 5.87. The van der Waals surface area contributed by atoms with E-state index in [-0.39, 0.29) is 11.4 Å². The van der Waals surface area contributed by atoms with Crippen molar-refractivity contribution in [3.05, 3.63) is 107 Å². The molecule has 0 aliphatic carbocycles. The summed E-state index contributed by atoms with van der Waals surface area (Å²) in [5.41, 5.74) is 2.32. The van der Waals surface area contributed by atoms with Gasteiger partial charge in [0, 0.05) is 29.1 Å². The fourth-order valence-corrected chi connectivity index (χ4v) is 3.27. The van der Waals surface area contributed by atoms with Crippen LogP contribution in [0, 0.1) is 10.1 Å². The van der Waals surface area contributed by atoms with Crippen LogP contribution in [0.5, 0.6) is 5.75 Å². The molecular formula is C23H18N2O3. The monoisotopic (exact) mass is 370 g/mol. The second-order valence-corrected chi connectivity index (χ2v) is 6.52. The zero-order valence-electron chi connectivity index (χ0n) is 15.0. The van der Waals surface area contributed by atoms with Crippen LogP contribution in [0.4, 0.5) is 17.1 Å². The molecule has 0 fully saturated rings. The summed E-state index contributed by atoms with van der Waals surface area (Å²) >= 11 is 0. The predicted octanol–water partition coefficient (Wildman–Crippen LogP) is 5.79. The first kappa shape index (κ1) is 17.5. The third kappa shape index (κ3) is 3.50. The van der Waals surface area contributed by atoms with Gasteiger partial charge in [-0.05, 0) is 41.1 Å². The van der Waals surface area contributed by atoms with E-state index in [1.807, 2.05) is 65.6 Å². The minimum Gasteiger partial charge on any atom is -0.508 e. The van der Waals surface area contributed by atoms with Gasteiger partial charge in [0.15, 0.2) is 0 Å². The zero-order chi connectivity index (χ0) is 19.5. The smallest absolute Gasteiger partial charge is 0.270 e. The van der Waals surface area contributed by atoms with E-state index in [1.54, 1.807) is 0 Å². The molecule has 0 atom stereocenters. The van der Waals surface area contributed by atoms with Crippen LogP contribution in [0.2, 0.25) is 0 Å². The van der Waals surface area contributed by atoms with E-state index in [2.05, 4.69) is 12.1 Å². The number of rotatable bonds is 5. The number of nitro benzene ring substituents is 1. The number of anilines is 2. The van der Waals surface area contributed by atoms with E-state index in [9.17, 15) is 15.2 Å². The average Bonchev–Trinajstić information content (AvgIpc) is 2.73. The van der Waals surface area contributed by atoms with Gasteiger partial charge in [-0.25, -0.2) is 0 Å². The Hall–Kier alpha value is -3.86. The molecule has 0 unspecified atom stereocenters. The second kappa shape index (κ2) is 7.40. The first-order valence-corrected chi connectivity index (χ1v) is 8.89. The first-order valence-electron chi connectivity index (χ1n) is 8.89. The summed E-state index contributed by atoms with van der Waals surface area (Å²) in [6.07, 6.45) is 0. The standard InChI is InChI=1S/C23H18N2O3/c26-23-13-12-22(25(27)28)15-19(23)16-24(20-8-2-1-3-9-20)21-11-10-17-6-4-5-7-18(17)14-21/h1-15,26H,16H2. The Morgan fingerprint density at radius 3 is 2.25 bits per heavy atom. The van der Waals surface area contributed by atoms with Gasteiger partial charge in [0.05, 0.1) is 11.5 Å². The van der Waals surface area contributed by atoms with Crippen molar-refractivity contribution in [2.45, 2.75) is 6.54 Å². The summed E-state index contributed by atoms with van der Waals surface area (Å²) < 4.78 is 0. The molecule has 0 saturated heterocycles. The van der Waals surface area contributed by atoms with Gasteiger partial charge in [0.25, 0.3) is 5.69 Å². The summed E-state index contributed by atoms with van der Waals surface area (Å²) in [5.74, 6) is 0.0346. The van der Waals surface area contributed by atoms with E-state index in [4.69, 9.17) is 0 Å². The molecular weight excluding hydrogens is 352 g/mol. The van der Waals surface area contributed by atoms with Crippen LogP contribution >= 0.6 is 0 Å². The van der Waals surface area contributed by atoms with Crippen LogP contribution < -0.4 is 4.90 Å². The number of nitrogens with zero attached hydrogens (tertiary/aromatic N) is 2. The number of phenols is 1. The maximum Gasteiger partial charge on any atom is 0.270 e. The summed E-state index contributed by atoms with van der Waals surface area (Å²) in [4.78, 5) is 12.7. The Kier molecular flexibility index (Phi) is 4.64. The lowest BCUT2D eigenvalue weighted by molar-refractivity contribution is -0.384. The third-order valence-electron chi connectivity index (χ3n) is 4.71. The van der Waals surface area contributed by atoms with Crippen LogP contribution in [0.25, 0.3) is 10.8 Å². The fourth-order valence-electron chi connectivity index (χ4n) is 3.27. The lowest BCUT2D eigenvalue weighted by Gasteiger charge is -2.26. The Labute approximate surface area is 162 Å². The first-order chi connectivity index (χ1) is 13.6. The van der Waals surface area contributed by atoms with Crippen molar-refractivity contribution < 1.29 is 10.0 Å². The molecule has 0 aromatic heterocycles. The molecule has 0 aliphatic rings. The minimum atomic E-state index is -0.453. The SMILES string of the molecule is O=[N+]([O-])c1ccc(O)c(CN(c2ccccc2)c2ccc3ccccc3c2)c1. The molecule has 0 spiro atoms. The molecule has 4 rings (SSSR count). The molecule has 0 heterocycles. The highest BCUT2D eigenvalue weighted by Crippen LogP contribution is 2.33. The van der Waals surface area contributed by atoms with Crippen LogP contribution in [-0.2, 0) is 6.54 Å². The summed E-state index contributed by atoms with van der Waals surface area (Å²) in [5, 5.41) is 23.7. The maximum atomic E-state index is 11.1. The third-order valence-corrected chi connectivity index (χ3v) is 4.71. The number of non-ortho nitro benzene ring substituents is 1. The van der Waals surface area contributed by atoms with Crippen molar-refractivity contribution in [2.75, 3.05) is 4.90 Å². The second-order valence-electron chi connectivity index (χ2n) is 6.52. The summed E-state index contributed by atoms with van der Waals surface area (Å²) in [6, 6.07) is 28.1. The van der Waals surface area contributed by atoms with Gasteiger partial charge in [-0.15, -0.1) is 0 Å². The predicted molar refractivity (Wildman–Crippen MR) is 111 cm³/mol. The Balaban J connectivity index is 1.80. The van der Waals surface area contributed by atoms with Crippen molar-refractivity contribution >= 4 is 27.8 Å². The molecule has 0 aliphatic heterocycles. The van der Waals surface area contributed by atoms with Crippen molar-refractivity contribution in [1.29, 1.82) is 0 Å². The number of fused-ring (bicyclic) bond motifs is 1. The molecule has 0 bridgehead atoms. The van der Waals surface area contributed by atoms with Gasteiger partial charge >= 0.3 is 0 Å². The van der Waals surface area contributed by atoms with E-state index >= 15 is 0 Å². The highest BCUT2D eigenvalue weighted by Gasteiger charge is 2.16. The number of hydrogen-bond donors (Lipinski definition) is 1. The van der Waals surface area contributed by atoms with Crippen molar-refractivity contribution in [1.82, 2.24) is 0 Å². The van der Waals surface area contributed by atoms with E-state index in [0.717, 1.165) is 22.1 Å². The molecule has 28 heavy (non-hydrogen) atoms. The van der Waals surface area contributed by atoms with Crippen LogP contribution in [0.15, 0.2) is 91.0 Å². The highest BCUT2D eigenvalue weighted by atomic mass is 16.6. The quantitative estimate of drug-likeness (QED) is 0.356. The van der Waals surface area contributed by atoms with E-state index in [1.165, 1.54) is 18.2 Å². The lowest BCUT2D eigenvalue weighted by atomic mass is 10.1. The van der Waals surface area contributed by atoms with Crippen molar-refractivity contribution in [3.63, 3.8) is 0 Å². The summed E-state index contributed by atoms with van der Waals surface area (Å²) in [6.45, 7) is 0.301. The van der Waals surface area contributed by atoms with Gasteiger partial charge in [-0.2, -0.15) is 0 Å². The van der Waals surface area contributed by atoms with Crippen molar-refractivity contribution in [2.24, 2.45) is 0 Å². The van der Waals surface area contributed by atoms with E-state index in [0.29, 0.717) is 12.1 Å². The molecule has 5 nitrogen and oxygen atoms in total. The molecule has 1 N–H and O–H groups in total. The zero-order valence-corrected chi connectivity index (χ0v) is 15.0. The molecule has 0 amide bonds. The molecule has 5 heteroatoms. The molecule has 4 aromatic carbocycles. The van der Waals surface area contributed by atoms with Gasteiger partial charge in [-0.1, -0.05) is 48.5 Å². The van der Waals surface area contributed by atoms with Crippen molar-refractivity contribution in [3.8, 4) is 5.75 Å². The van der Waals surface area contributed by atoms with Crippen LogP contribution in [-0.4, -0.2) is 10.0 Å². The van der Waals surface area contributed by atoms with Gasteiger partial charge in [-0.3, -0.25) is 10.1 Å². The number of benzene rings is 4. The van der Waals surface area contributed by atoms with Gasteiger partial charge < -0.3 is 10.0 Å². The molecule has 138 valence electrons. The molecule has 0 saturated carbocycles. The van der Waals surface area contributed by atoms with Gasteiger partial charge in [0.2, 0.25) is 0 Å². The summed E-state index contributed by atoms with van der Waals surface area (Å²) in [7, 11) is 0. The Morgan fingerprint density at radius 1 is 0.786 bits per heavy atom. The molecule has 4 aromatic rings. The number of hydrogen-bond acceptors (Lipinski definition) is 4. The van der Waals surface area contributed by atoms with Gasteiger partial charge in [0.1, 0.15) is 5.75 Å². The number of phenolic OH excluding ortho intramolecular Hbond substituents is 1. The Morgan fingerprint density at radius 2 is 1.50 bits per heavy atom. The van der Waals surface area contributed by atoms with E-state index < -0.39 is 4.92 Å². The number of para-hydroxylation sites is 1. The number of aromatic hydroxyl groups is 1. The normalized spacial score (nSPS) is 10.7. The average molecular weight is 370 g/mol. The molecule has 0 radical (unpaired) electrons. The fraction of sp³-hybridized carbons (Fsp3) is 0.0435. The minimum absolute atomic E-state index is 0.0346. The Bertz CT molecular complexity index is 1140. The topological polar surface area (TPSA) is 66.6 Å². The largest absolute Gasteiger partial charge is 0.508 e.